The molecule has 154 valence electrons. The van der Waals surface area contributed by atoms with Crippen LogP contribution in [0.25, 0.3) is 0 Å². The zero-order chi connectivity index (χ0) is 20.5. The van der Waals surface area contributed by atoms with Crippen molar-refractivity contribution in [3.8, 4) is 0 Å². The molecule has 0 unspecified atom stereocenters. The summed E-state index contributed by atoms with van der Waals surface area (Å²) in [6, 6.07) is 8.50. The number of nitrogens with zero attached hydrogens (tertiary/aromatic N) is 1. The standard InChI is InChI=1S/C18H25ClN2O.C2H2O4/c19-16-7-5-14(6-8-16)13-21-11-9-15(10-12-21)18(22)20-17-3-1-2-4-17;3-1(4)2(5)6/h5-8,15,17H,1-4,9-13H2,(H,20,22);(H,3,4)(H,5,6). The zero-order valence-electron chi connectivity index (χ0n) is 15.8. The predicted octanol–water partition coefficient (Wildman–Crippen LogP) is 2.77. The fourth-order valence-electron chi connectivity index (χ4n) is 3.59. The van der Waals surface area contributed by atoms with Crippen LogP contribution in [0.5, 0.6) is 0 Å². The van der Waals surface area contributed by atoms with Crippen LogP contribution >= 0.6 is 11.6 Å². The quantitative estimate of drug-likeness (QED) is 0.659. The molecule has 0 atom stereocenters. The van der Waals surface area contributed by atoms with E-state index in [1.54, 1.807) is 0 Å². The van der Waals surface area contributed by atoms with E-state index in [-0.39, 0.29) is 11.8 Å². The molecule has 3 rings (SSSR count). The molecule has 1 aromatic carbocycles. The van der Waals surface area contributed by atoms with Gasteiger partial charge in [0.25, 0.3) is 0 Å². The third kappa shape index (κ3) is 7.48. The molecular formula is C20H27ClN2O5. The first kappa shape index (κ1) is 22.2. The van der Waals surface area contributed by atoms with Gasteiger partial charge in [-0.05, 0) is 56.5 Å². The SMILES string of the molecule is O=C(NC1CCCC1)C1CCN(Cc2ccc(Cl)cc2)CC1.O=C(O)C(=O)O. The van der Waals surface area contributed by atoms with Gasteiger partial charge in [0.05, 0.1) is 0 Å². The fourth-order valence-corrected chi connectivity index (χ4v) is 3.72. The molecule has 1 aliphatic carbocycles. The van der Waals surface area contributed by atoms with E-state index >= 15 is 0 Å². The number of carbonyl (C=O) groups is 3. The monoisotopic (exact) mass is 410 g/mol. The summed E-state index contributed by atoms with van der Waals surface area (Å²) >= 11 is 5.92. The number of piperidine rings is 1. The van der Waals surface area contributed by atoms with Gasteiger partial charge < -0.3 is 15.5 Å². The lowest BCUT2D eigenvalue weighted by molar-refractivity contribution is -0.159. The summed E-state index contributed by atoms with van der Waals surface area (Å²) in [6.45, 7) is 2.96. The molecule has 0 radical (unpaired) electrons. The van der Waals surface area contributed by atoms with Crippen LogP contribution in [-0.2, 0) is 20.9 Å². The molecule has 2 aliphatic rings. The number of carboxylic acid groups (broad SMARTS) is 2. The van der Waals surface area contributed by atoms with Crippen LogP contribution in [0.4, 0.5) is 0 Å². The Hall–Kier alpha value is -2.12. The van der Waals surface area contributed by atoms with E-state index < -0.39 is 11.9 Å². The second-order valence-corrected chi connectivity index (χ2v) is 7.71. The van der Waals surface area contributed by atoms with Crippen molar-refractivity contribution in [2.45, 2.75) is 51.1 Å². The van der Waals surface area contributed by atoms with Gasteiger partial charge in [0.1, 0.15) is 0 Å². The van der Waals surface area contributed by atoms with Crippen molar-refractivity contribution >= 4 is 29.4 Å². The predicted molar refractivity (Wildman–Crippen MR) is 105 cm³/mol. The van der Waals surface area contributed by atoms with Gasteiger partial charge in [-0.2, -0.15) is 0 Å². The Morgan fingerprint density at radius 2 is 1.50 bits per heavy atom. The maximum atomic E-state index is 12.3. The van der Waals surface area contributed by atoms with E-state index in [9.17, 15) is 4.79 Å². The lowest BCUT2D eigenvalue weighted by Gasteiger charge is -2.31. The summed E-state index contributed by atoms with van der Waals surface area (Å²) in [6.07, 6.45) is 6.83. The Labute approximate surface area is 169 Å². The molecule has 0 aromatic heterocycles. The van der Waals surface area contributed by atoms with Crippen LogP contribution < -0.4 is 5.32 Å². The van der Waals surface area contributed by atoms with Gasteiger partial charge in [-0.3, -0.25) is 9.69 Å². The van der Waals surface area contributed by atoms with E-state index in [1.165, 1.54) is 31.2 Å². The number of nitrogens with one attached hydrogen (secondary N) is 1. The summed E-state index contributed by atoms with van der Waals surface area (Å²) < 4.78 is 0. The molecule has 1 saturated heterocycles. The largest absolute Gasteiger partial charge is 0.473 e. The van der Waals surface area contributed by atoms with Crippen molar-refractivity contribution in [1.82, 2.24) is 10.2 Å². The first-order valence-corrected chi connectivity index (χ1v) is 9.96. The summed E-state index contributed by atoms with van der Waals surface area (Å²) in [7, 11) is 0. The number of rotatable bonds is 4. The molecule has 1 aromatic rings. The minimum Gasteiger partial charge on any atom is -0.473 e. The Morgan fingerprint density at radius 1 is 0.964 bits per heavy atom. The Kier molecular flexibility index (Phi) is 8.73. The van der Waals surface area contributed by atoms with Gasteiger partial charge in [0, 0.05) is 23.5 Å². The van der Waals surface area contributed by atoms with Gasteiger partial charge in [-0.15, -0.1) is 0 Å². The van der Waals surface area contributed by atoms with Crippen molar-refractivity contribution in [2.24, 2.45) is 5.92 Å². The topological polar surface area (TPSA) is 107 Å². The van der Waals surface area contributed by atoms with Crippen LogP contribution in [0.3, 0.4) is 0 Å². The maximum Gasteiger partial charge on any atom is 0.414 e. The van der Waals surface area contributed by atoms with Crippen molar-refractivity contribution in [2.75, 3.05) is 13.1 Å². The van der Waals surface area contributed by atoms with E-state index in [0.717, 1.165) is 37.5 Å². The normalized spacial score (nSPS) is 18.2. The Morgan fingerprint density at radius 3 is 2.00 bits per heavy atom. The Bertz CT molecular complexity index is 654. The summed E-state index contributed by atoms with van der Waals surface area (Å²) in [5, 5.41) is 18.8. The van der Waals surface area contributed by atoms with E-state index in [1.807, 2.05) is 12.1 Å². The molecule has 28 heavy (non-hydrogen) atoms. The second-order valence-electron chi connectivity index (χ2n) is 7.28. The Balaban J connectivity index is 0.000000409. The summed E-state index contributed by atoms with van der Waals surface area (Å²) in [5.74, 6) is -3.15. The molecule has 8 heteroatoms. The maximum absolute atomic E-state index is 12.3. The first-order chi connectivity index (χ1) is 13.3. The number of aliphatic carboxylic acids is 2. The number of halogens is 1. The fraction of sp³-hybridized carbons (Fsp3) is 0.550. The number of hydrogen-bond donors (Lipinski definition) is 3. The third-order valence-corrected chi connectivity index (χ3v) is 5.41. The lowest BCUT2D eigenvalue weighted by atomic mass is 9.95. The van der Waals surface area contributed by atoms with E-state index in [2.05, 4.69) is 22.3 Å². The lowest BCUT2D eigenvalue weighted by Crippen LogP contribution is -2.42. The molecule has 7 nitrogen and oxygen atoms in total. The highest BCUT2D eigenvalue weighted by atomic mass is 35.5. The number of hydrogen-bond acceptors (Lipinski definition) is 4. The van der Waals surface area contributed by atoms with Crippen molar-refractivity contribution in [1.29, 1.82) is 0 Å². The van der Waals surface area contributed by atoms with E-state index in [4.69, 9.17) is 31.4 Å². The highest BCUT2D eigenvalue weighted by Gasteiger charge is 2.27. The minimum atomic E-state index is -1.82. The van der Waals surface area contributed by atoms with Crippen LogP contribution in [0, 0.1) is 5.92 Å². The molecule has 1 heterocycles. The summed E-state index contributed by atoms with van der Waals surface area (Å²) in [5.41, 5.74) is 1.29. The second kappa shape index (κ2) is 11.0. The number of carbonyl (C=O) groups excluding carboxylic acids is 1. The van der Waals surface area contributed by atoms with Gasteiger partial charge in [0.15, 0.2) is 0 Å². The molecule has 0 spiro atoms. The molecule has 1 amide bonds. The third-order valence-electron chi connectivity index (χ3n) is 5.16. The van der Waals surface area contributed by atoms with Crippen LogP contribution in [-0.4, -0.2) is 52.1 Å². The number of amides is 1. The van der Waals surface area contributed by atoms with Gasteiger partial charge in [-0.1, -0.05) is 36.6 Å². The van der Waals surface area contributed by atoms with Crippen LogP contribution in [0.15, 0.2) is 24.3 Å². The van der Waals surface area contributed by atoms with Crippen molar-refractivity contribution in [3.05, 3.63) is 34.9 Å². The average molecular weight is 411 g/mol. The zero-order valence-corrected chi connectivity index (χ0v) is 16.5. The van der Waals surface area contributed by atoms with Crippen LogP contribution in [0.2, 0.25) is 5.02 Å². The number of likely N-dealkylation sites (tertiary alicyclic amines) is 1. The highest BCUT2D eigenvalue weighted by molar-refractivity contribution is 6.30. The smallest absolute Gasteiger partial charge is 0.414 e. The number of carboxylic acids is 2. The van der Waals surface area contributed by atoms with E-state index in [0.29, 0.717) is 6.04 Å². The van der Waals surface area contributed by atoms with Crippen molar-refractivity contribution < 1.29 is 24.6 Å². The van der Waals surface area contributed by atoms with Gasteiger partial charge in [0.2, 0.25) is 5.91 Å². The molecule has 1 saturated carbocycles. The first-order valence-electron chi connectivity index (χ1n) is 9.58. The minimum absolute atomic E-state index is 0.210. The number of benzene rings is 1. The highest BCUT2D eigenvalue weighted by Crippen LogP contribution is 2.22. The summed E-state index contributed by atoms with van der Waals surface area (Å²) in [4.78, 5) is 32.9. The van der Waals surface area contributed by atoms with Gasteiger partial charge in [-0.25, -0.2) is 9.59 Å². The molecule has 2 fully saturated rings. The molecule has 3 N–H and O–H groups in total. The molecular weight excluding hydrogens is 384 g/mol. The average Bonchev–Trinajstić information content (AvgIpc) is 3.17. The van der Waals surface area contributed by atoms with Crippen LogP contribution in [0.1, 0.15) is 44.1 Å². The van der Waals surface area contributed by atoms with Crippen molar-refractivity contribution in [3.63, 3.8) is 0 Å². The molecule has 0 bridgehead atoms. The molecule has 1 aliphatic heterocycles. The van der Waals surface area contributed by atoms with Gasteiger partial charge >= 0.3 is 11.9 Å².